The highest BCUT2D eigenvalue weighted by Gasteiger charge is 2.17. The number of nitrogens with zero attached hydrogens (tertiary/aromatic N) is 3. The zero-order valence-electron chi connectivity index (χ0n) is 13.1. The standard InChI is InChI=1S/C15H16N6O2S/c1-8(14-20-21-15(16)24-14)17-13(22)12-7-11(18-19-12)9-4-3-5-10(6-9)23-2/h3-8H,1-2H3,(H2,16,21)(H,17,22)(H,18,19)/t8-/m0/s1. The number of amides is 1. The van der Waals surface area contributed by atoms with Gasteiger partial charge in [0.05, 0.1) is 18.8 Å². The average Bonchev–Trinajstić information content (AvgIpc) is 3.24. The quantitative estimate of drug-likeness (QED) is 0.651. The molecular weight excluding hydrogens is 328 g/mol. The number of hydrogen-bond acceptors (Lipinski definition) is 7. The Kier molecular flexibility index (Phi) is 4.43. The highest BCUT2D eigenvalue weighted by Crippen LogP contribution is 2.23. The van der Waals surface area contributed by atoms with Crippen molar-refractivity contribution < 1.29 is 9.53 Å². The van der Waals surface area contributed by atoms with Gasteiger partial charge in [0.2, 0.25) is 5.13 Å². The van der Waals surface area contributed by atoms with Crippen molar-refractivity contribution in [2.75, 3.05) is 12.8 Å². The first-order chi connectivity index (χ1) is 11.6. The molecule has 3 aromatic rings. The van der Waals surface area contributed by atoms with Crippen molar-refractivity contribution in [2.24, 2.45) is 0 Å². The van der Waals surface area contributed by atoms with Gasteiger partial charge in [-0.25, -0.2) is 0 Å². The summed E-state index contributed by atoms with van der Waals surface area (Å²) < 4.78 is 5.20. The van der Waals surface area contributed by atoms with Gasteiger partial charge in [0.1, 0.15) is 16.5 Å². The fraction of sp³-hybridized carbons (Fsp3) is 0.200. The van der Waals surface area contributed by atoms with E-state index in [-0.39, 0.29) is 11.9 Å². The summed E-state index contributed by atoms with van der Waals surface area (Å²) in [6, 6.07) is 8.85. The number of ether oxygens (including phenoxy) is 1. The third-order valence-electron chi connectivity index (χ3n) is 3.36. The Labute approximate surface area is 142 Å². The summed E-state index contributed by atoms with van der Waals surface area (Å²) >= 11 is 1.24. The second kappa shape index (κ2) is 6.67. The second-order valence-corrected chi connectivity index (χ2v) is 6.11. The molecule has 0 aliphatic carbocycles. The number of benzene rings is 1. The van der Waals surface area contributed by atoms with E-state index in [0.717, 1.165) is 11.3 Å². The molecule has 0 saturated carbocycles. The number of hydrogen-bond donors (Lipinski definition) is 3. The number of carbonyl (C=O) groups is 1. The zero-order valence-corrected chi connectivity index (χ0v) is 13.9. The Morgan fingerprint density at radius 2 is 2.21 bits per heavy atom. The molecule has 0 saturated heterocycles. The number of H-pyrrole nitrogens is 1. The molecule has 0 aliphatic rings. The first kappa shape index (κ1) is 15.9. The lowest BCUT2D eigenvalue weighted by Crippen LogP contribution is -2.26. The summed E-state index contributed by atoms with van der Waals surface area (Å²) in [6.45, 7) is 1.82. The number of aromatic amines is 1. The Balaban J connectivity index is 1.73. The van der Waals surface area contributed by atoms with E-state index in [0.29, 0.717) is 21.5 Å². The number of rotatable bonds is 5. The molecule has 9 heteroatoms. The molecule has 1 aromatic carbocycles. The molecule has 124 valence electrons. The van der Waals surface area contributed by atoms with Gasteiger partial charge in [0.15, 0.2) is 0 Å². The number of aromatic nitrogens is 4. The van der Waals surface area contributed by atoms with Crippen LogP contribution >= 0.6 is 11.3 Å². The summed E-state index contributed by atoms with van der Waals surface area (Å²) in [5.41, 5.74) is 7.43. The number of nitrogens with one attached hydrogen (secondary N) is 2. The molecule has 0 bridgehead atoms. The van der Waals surface area contributed by atoms with Crippen molar-refractivity contribution in [3.05, 3.63) is 41.0 Å². The number of nitrogen functional groups attached to an aromatic ring is 1. The molecule has 8 nitrogen and oxygen atoms in total. The molecule has 0 aliphatic heterocycles. The Morgan fingerprint density at radius 3 is 2.92 bits per heavy atom. The molecule has 0 spiro atoms. The van der Waals surface area contributed by atoms with E-state index in [1.807, 2.05) is 31.2 Å². The van der Waals surface area contributed by atoms with Crippen molar-refractivity contribution in [1.29, 1.82) is 0 Å². The Bertz CT molecular complexity index is 859. The van der Waals surface area contributed by atoms with E-state index in [1.54, 1.807) is 13.2 Å². The first-order valence-corrected chi connectivity index (χ1v) is 7.98. The fourth-order valence-corrected chi connectivity index (χ4v) is 2.74. The number of anilines is 1. The average molecular weight is 344 g/mol. The smallest absolute Gasteiger partial charge is 0.269 e. The largest absolute Gasteiger partial charge is 0.497 e. The van der Waals surface area contributed by atoms with Gasteiger partial charge in [0, 0.05) is 5.56 Å². The first-order valence-electron chi connectivity index (χ1n) is 7.16. The minimum Gasteiger partial charge on any atom is -0.497 e. The lowest BCUT2D eigenvalue weighted by Gasteiger charge is -2.08. The van der Waals surface area contributed by atoms with Crippen LogP contribution in [0.4, 0.5) is 5.13 Å². The van der Waals surface area contributed by atoms with Gasteiger partial charge in [-0.2, -0.15) is 5.10 Å². The van der Waals surface area contributed by atoms with Crippen LogP contribution in [0, 0.1) is 0 Å². The van der Waals surface area contributed by atoms with Crippen LogP contribution in [0.15, 0.2) is 30.3 Å². The maximum Gasteiger partial charge on any atom is 0.269 e. The van der Waals surface area contributed by atoms with Gasteiger partial charge in [-0.15, -0.1) is 10.2 Å². The van der Waals surface area contributed by atoms with E-state index in [4.69, 9.17) is 10.5 Å². The molecule has 2 heterocycles. The SMILES string of the molecule is COc1cccc(-c2cc(C(=O)N[C@@H](C)c3nnc(N)s3)[nH]n2)c1. The zero-order chi connectivity index (χ0) is 17.1. The summed E-state index contributed by atoms with van der Waals surface area (Å²) in [4.78, 5) is 12.3. The van der Waals surface area contributed by atoms with Gasteiger partial charge in [-0.1, -0.05) is 23.5 Å². The minimum absolute atomic E-state index is 0.280. The third kappa shape index (κ3) is 3.35. The third-order valence-corrected chi connectivity index (χ3v) is 4.30. The Hall–Kier alpha value is -2.94. The number of methoxy groups -OCH3 is 1. The lowest BCUT2D eigenvalue weighted by atomic mass is 10.1. The molecule has 4 N–H and O–H groups in total. The summed E-state index contributed by atoms with van der Waals surface area (Å²) in [7, 11) is 1.60. The minimum atomic E-state index is -0.295. The highest BCUT2D eigenvalue weighted by molar-refractivity contribution is 7.15. The van der Waals surface area contributed by atoms with Crippen molar-refractivity contribution in [2.45, 2.75) is 13.0 Å². The second-order valence-electron chi connectivity index (χ2n) is 5.07. The molecule has 3 rings (SSSR count). The van der Waals surface area contributed by atoms with Crippen LogP contribution in [0.3, 0.4) is 0 Å². The van der Waals surface area contributed by atoms with Crippen LogP contribution in [-0.4, -0.2) is 33.4 Å². The Morgan fingerprint density at radius 1 is 1.38 bits per heavy atom. The van der Waals surface area contributed by atoms with Crippen LogP contribution in [0.2, 0.25) is 0 Å². The van der Waals surface area contributed by atoms with Crippen LogP contribution < -0.4 is 15.8 Å². The topological polar surface area (TPSA) is 119 Å². The summed E-state index contributed by atoms with van der Waals surface area (Å²) in [5.74, 6) is 0.446. The molecule has 0 fully saturated rings. The van der Waals surface area contributed by atoms with Gasteiger partial charge in [-0.05, 0) is 25.1 Å². The number of nitrogens with two attached hydrogens (primary N) is 1. The predicted molar refractivity (Wildman–Crippen MR) is 90.8 cm³/mol. The van der Waals surface area contributed by atoms with Crippen molar-refractivity contribution in [1.82, 2.24) is 25.7 Å². The predicted octanol–water partition coefficient (Wildman–Crippen LogP) is 2.01. The van der Waals surface area contributed by atoms with E-state index >= 15 is 0 Å². The van der Waals surface area contributed by atoms with Gasteiger partial charge < -0.3 is 15.8 Å². The van der Waals surface area contributed by atoms with Crippen molar-refractivity contribution >= 4 is 22.4 Å². The molecule has 1 atom stereocenters. The molecule has 0 unspecified atom stereocenters. The van der Waals surface area contributed by atoms with Crippen LogP contribution in [0.1, 0.15) is 28.5 Å². The highest BCUT2D eigenvalue weighted by atomic mass is 32.1. The molecule has 1 amide bonds. The fourth-order valence-electron chi connectivity index (χ4n) is 2.13. The van der Waals surface area contributed by atoms with E-state index in [2.05, 4.69) is 25.7 Å². The van der Waals surface area contributed by atoms with Crippen LogP contribution in [0.5, 0.6) is 5.75 Å². The summed E-state index contributed by atoms with van der Waals surface area (Å²) in [6.07, 6.45) is 0. The molecule has 0 radical (unpaired) electrons. The maximum absolute atomic E-state index is 12.3. The maximum atomic E-state index is 12.3. The van der Waals surface area contributed by atoms with E-state index < -0.39 is 0 Å². The van der Waals surface area contributed by atoms with Crippen LogP contribution in [-0.2, 0) is 0 Å². The lowest BCUT2D eigenvalue weighted by molar-refractivity contribution is 0.0934. The van der Waals surface area contributed by atoms with Crippen molar-refractivity contribution in [3.63, 3.8) is 0 Å². The van der Waals surface area contributed by atoms with Gasteiger partial charge in [0.25, 0.3) is 5.91 Å². The van der Waals surface area contributed by atoms with Crippen molar-refractivity contribution in [3.8, 4) is 17.0 Å². The number of carbonyl (C=O) groups excluding carboxylic acids is 1. The normalized spacial score (nSPS) is 11.9. The molecule has 24 heavy (non-hydrogen) atoms. The summed E-state index contributed by atoms with van der Waals surface area (Å²) in [5, 5.41) is 18.4. The van der Waals surface area contributed by atoms with Gasteiger partial charge in [-0.3, -0.25) is 9.89 Å². The van der Waals surface area contributed by atoms with E-state index in [1.165, 1.54) is 11.3 Å². The monoisotopic (exact) mass is 344 g/mol. The van der Waals surface area contributed by atoms with Gasteiger partial charge >= 0.3 is 0 Å². The molecular formula is C15H16N6O2S. The molecule has 2 aromatic heterocycles. The van der Waals surface area contributed by atoms with E-state index in [9.17, 15) is 4.79 Å². The van der Waals surface area contributed by atoms with Crippen LogP contribution in [0.25, 0.3) is 11.3 Å².